The number of rotatable bonds is 6. The van der Waals surface area contributed by atoms with Crippen LogP contribution in [-0.2, 0) is 12.7 Å². The van der Waals surface area contributed by atoms with Crippen molar-refractivity contribution in [2.24, 2.45) is 0 Å². The van der Waals surface area contributed by atoms with Crippen molar-refractivity contribution in [3.63, 3.8) is 0 Å². The molecular formula is C26H27F3N2O. The fourth-order valence-corrected chi connectivity index (χ4v) is 4.43. The number of halogens is 3. The van der Waals surface area contributed by atoms with Crippen LogP contribution in [0.3, 0.4) is 0 Å². The molecule has 0 bridgehead atoms. The first-order valence-electron chi connectivity index (χ1n) is 10.8. The highest BCUT2D eigenvalue weighted by Gasteiger charge is 2.33. The van der Waals surface area contributed by atoms with Crippen molar-refractivity contribution < 1.29 is 17.9 Å². The highest BCUT2D eigenvalue weighted by atomic mass is 19.4. The van der Waals surface area contributed by atoms with Gasteiger partial charge in [0.15, 0.2) is 0 Å². The van der Waals surface area contributed by atoms with E-state index in [0.29, 0.717) is 17.9 Å². The van der Waals surface area contributed by atoms with Crippen molar-refractivity contribution in [2.75, 3.05) is 13.7 Å². The van der Waals surface area contributed by atoms with Crippen LogP contribution in [0.15, 0.2) is 72.8 Å². The minimum Gasteiger partial charge on any atom is -0.496 e. The molecule has 3 nitrogen and oxygen atoms in total. The lowest BCUT2D eigenvalue weighted by molar-refractivity contribution is -0.137. The van der Waals surface area contributed by atoms with Crippen LogP contribution in [-0.4, -0.2) is 19.7 Å². The zero-order valence-corrected chi connectivity index (χ0v) is 18.0. The molecule has 2 atom stereocenters. The van der Waals surface area contributed by atoms with Gasteiger partial charge in [0.2, 0.25) is 0 Å². The van der Waals surface area contributed by atoms with Gasteiger partial charge in [-0.3, -0.25) is 0 Å². The SMILES string of the molecule is COc1ccc(-c2ccccc2C(F)(F)F)cc1CNC1CCCNC1c1ccccc1. The van der Waals surface area contributed by atoms with E-state index in [2.05, 4.69) is 22.8 Å². The molecule has 0 aromatic heterocycles. The van der Waals surface area contributed by atoms with Gasteiger partial charge in [0.1, 0.15) is 5.75 Å². The normalized spacial score (nSPS) is 19.0. The predicted octanol–water partition coefficient (Wildman–Crippen LogP) is 5.96. The number of alkyl halides is 3. The van der Waals surface area contributed by atoms with Crippen molar-refractivity contribution in [1.82, 2.24) is 10.6 Å². The minimum absolute atomic E-state index is 0.172. The zero-order chi connectivity index (χ0) is 22.6. The van der Waals surface area contributed by atoms with Crippen LogP contribution in [0, 0.1) is 0 Å². The Labute approximate surface area is 186 Å². The number of hydrogen-bond acceptors (Lipinski definition) is 3. The van der Waals surface area contributed by atoms with Crippen molar-refractivity contribution in [3.8, 4) is 16.9 Å². The number of piperidine rings is 1. The van der Waals surface area contributed by atoms with E-state index in [0.717, 1.165) is 31.0 Å². The number of hydrogen-bond donors (Lipinski definition) is 2. The predicted molar refractivity (Wildman–Crippen MR) is 120 cm³/mol. The molecule has 168 valence electrons. The molecule has 0 aliphatic carbocycles. The number of benzene rings is 3. The summed E-state index contributed by atoms with van der Waals surface area (Å²) in [6.45, 7) is 1.46. The fraction of sp³-hybridized carbons (Fsp3) is 0.308. The number of ether oxygens (including phenoxy) is 1. The second kappa shape index (κ2) is 9.76. The quantitative estimate of drug-likeness (QED) is 0.496. The molecule has 1 saturated heterocycles. The summed E-state index contributed by atoms with van der Waals surface area (Å²) >= 11 is 0. The van der Waals surface area contributed by atoms with Gasteiger partial charge >= 0.3 is 6.18 Å². The maximum Gasteiger partial charge on any atom is 0.417 e. The van der Waals surface area contributed by atoms with E-state index >= 15 is 0 Å². The van der Waals surface area contributed by atoms with Gasteiger partial charge in [-0.1, -0.05) is 54.6 Å². The van der Waals surface area contributed by atoms with Crippen LogP contribution in [0.25, 0.3) is 11.1 Å². The van der Waals surface area contributed by atoms with Crippen molar-refractivity contribution in [1.29, 1.82) is 0 Å². The molecule has 0 spiro atoms. The first-order chi connectivity index (χ1) is 15.5. The van der Waals surface area contributed by atoms with E-state index in [9.17, 15) is 13.2 Å². The Kier molecular flexibility index (Phi) is 6.82. The summed E-state index contributed by atoms with van der Waals surface area (Å²) in [5.74, 6) is 0.658. The van der Waals surface area contributed by atoms with Gasteiger partial charge in [-0.05, 0) is 54.3 Å². The highest BCUT2D eigenvalue weighted by molar-refractivity contribution is 5.69. The molecule has 2 unspecified atom stereocenters. The number of nitrogens with one attached hydrogen (secondary N) is 2. The lowest BCUT2D eigenvalue weighted by Gasteiger charge is -2.34. The maximum atomic E-state index is 13.5. The van der Waals surface area contributed by atoms with E-state index in [1.54, 1.807) is 31.4 Å². The second-order valence-corrected chi connectivity index (χ2v) is 8.04. The molecule has 6 heteroatoms. The number of methoxy groups -OCH3 is 1. The van der Waals surface area contributed by atoms with Gasteiger partial charge in [-0.25, -0.2) is 0 Å². The average Bonchev–Trinajstić information content (AvgIpc) is 2.83. The van der Waals surface area contributed by atoms with E-state index in [1.807, 2.05) is 18.2 Å². The largest absolute Gasteiger partial charge is 0.496 e. The third-order valence-electron chi connectivity index (χ3n) is 6.00. The Morgan fingerprint density at radius 3 is 2.50 bits per heavy atom. The van der Waals surface area contributed by atoms with Gasteiger partial charge in [0.05, 0.1) is 12.7 Å². The molecule has 32 heavy (non-hydrogen) atoms. The summed E-state index contributed by atoms with van der Waals surface area (Å²) in [6, 6.07) is 21.6. The van der Waals surface area contributed by atoms with Gasteiger partial charge in [0.25, 0.3) is 0 Å². The van der Waals surface area contributed by atoms with Crippen LogP contribution in [0.4, 0.5) is 13.2 Å². The molecule has 0 saturated carbocycles. The molecule has 0 amide bonds. The van der Waals surface area contributed by atoms with Crippen LogP contribution < -0.4 is 15.4 Å². The standard InChI is InChI=1S/C26H27F3N2O/c1-32-24-14-13-19(21-10-5-6-11-22(21)26(27,28)29)16-20(24)17-31-23-12-7-15-30-25(23)18-8-3-2-4-9-18/h2-6,8-11,13-14,16,23,25,30-31H,7,12,15,17H2,1H3. The molecular weight excluding hydrogens is 413 g/mol. The molecule has 1 aliphatic heterocycles. The first kappa shape index (κ1) is 22.4. The van der Waals surface area contributed by atoms with Crippen molar-refractivity contribution >= 4 is 0 Å². The van der Waals surface area contributed by atoms with E-state index in [4.69, 9.17) is 4.74 Å². The van der Waals surface area contributed by atoms with Gasteiger partial charge in [0, 0.05) is 24.2 Å². The smallest absolute Gasteiger partial charge is 0.417 e. The topological polar surface area (TPSA) is 33.3 Å². The molecule has 3 aromatic rings. The Balaban J connectivity index is 1.59. The first-order valence-corrected chi connectivity index (χ1v) is 10.8. The maximum absolute atomic E-state index is 13.5. The third kappa shape index (κ3) is 4.97. The molecule has 2 N–H and O–H groups in total. The highest BCUT2D eigenvalue weighted by Crippen LogP contribution is 2.38. The van der Waals surface area contributed by atoms with Gasteiger partial charge in [-0.2, -0.15) is 13.2 Å². The minimum atomic E-state index is -4.41. The third-order valence-corrected chi connectivity index (χ3v) is 6.00. The molecule has 1 fully saturated rings. The summed E-state index contributed by atoms with van der Waals surface area (Å²) in [7, 11) is 1.58. The van der Waals surface area contributed by atoms with E-state index in [1.165, 1.54) is 17.7 Å². The summed E-state index contributed by atoms with van der Waals surface area (Å²) in [5, 5.41) is 7.21. The Morgan fingerprint density at radius 1 is 1.00 bits per heavy atom. The molecule has 0 radical (unpaired) electrons. The van der Waals surface area contributed by atoms with E-state index in [-0.39, 0.29) is 17.6 Å². The average molecular weight is 441 g/mol. The molecule has 4 rings (SSSR count). The van der Waals surface area contributed by atoms with Gasteiger partial charge < -0.3 is 15.4 Å². The monoisotopic (exact) mass is 440 g/mol. The Morgan fingerprint density at radius 2 is 1.75 bits per heavy atom. The molecule has 1 aliphatic rings. The van der Waals surface area contributed by atoms with Crippen LogP contribution in [0.5, 0.6) is 5.75 Å². The fourth-order valence-electron chi connectivity index (χ4n) is 4.43. The van der Waals surface area contributed by atoms with Crippen molar-refractivity contribution in [3.05, 3.63) is 89.5 Å². The van der Waals surface area contributed by atoms with Crippen LogP contribution in [0.2, 0.25) is 0 Å². The van der Waals surface area contributed by atoms with Crippen LogP contribution in [0.1, 0.15) is 35.6 Å². The van der Waals surface area contributed by atoms with Crippen molar-refractivity contribution in [2.45, 2.75) is 37.6 Å². The van der Waals surface area contributed by atoms with E-state index < -0.39 is 11.7 Å². The Bertz CT molecular complexity index is 1040. The summed E-state index contributed by atoms with van der Waals surface area (Å²) in [6.07, 6.45) is -2.33. The zero-order valence-electron chi connectivity index (χ0n) is 18.0. The summed E-state index contributed by atoms with van der Waals surface area (Å²) in [4.78, 5) is 0. The Hall–Kier alpha value is -2.83. The lowest BCUT2D eigenvalue weighted by Crippen LogP contribution is -2.45. The molecule has 3 aromatic carbocycles. The van der Waals surface area contributed by atoms with Gasteiger partial charge in [-0.15, -0.1) is 0 Å². The van der Waals surface area contributed by atoms with Crippen LogP contribution >= 0.6 is 0 Å². The molecule has 1 heterocycles. The summed E-state index contributed by atoms with van der Waals surface area (Å²) in [5.41, 5.74) is 2.12. The summed E-state index contributed by atoms with van der Waals surface area (Å²) < 4.78 is 46.1. The lowest BCUT2D eigenvalue weighted by atomic mass is 9.92. The second-order valence-electron chi connectivity index (χ2n) is 8.04.